The first-order chi connectivity index (χ1) is 5.08. The molecule has 0 spiro atoms. The van der Waals surface area contributed by atoms with Crippen molar-refractivity contribution in [3.63, 3.8) is 0 Å². The van der Waals surface area contributed by atoms with E-state index in [2.05, 4.69) is 13.8 Å². The molecule has 2 nitrogen and oxygen atoms in total. The molecule has 1 aliphatic heterocycles. The lowest BCUT2D eigenvalue weighted by atomic mass is 9.87. The van der Waals surface area contributed by atoms with Gasteiger partial charge in [-0.3, -0.25) is 0 Å². The molecule has 0 aliphatic carbocycles. The van der Waals surface area contributed by atoms with Gasteiger partial charge in [0.25, 0.3) is 0 Å². The third-order valence-corrected chi connectivity index (χ3v) is 2.16. The molecule has 74 valence electrons. The summed E-state index contributed by atoms with van der Waals surface area (Å²) >= 11 is 0. The quantitative estimate of drug-likeness (QED) is 0.728. The molecule has 0 aromatic carbocycles. The molecule has 0 radical (unpaired) electrons. The summed E-state index contributed by atoms with van der Waals surface area (Å²) in [5.41, 5.74) is 5.93. The van der Waals surface area contributed by atoms with Crippen LogP contribution >= 0.6 is 12.4 Å². The molecule has 3 heteroatoms. The lowest BCUT2D eigenvalue weighted by molar-refractivity contribution is 0.0583. The predicted molar refractivity (Wildman–Crippen MR) is 53.7 cm³/mol. The van der Waals surface area contributed by atoms with Gasteiger partial charge in [-0.1, -0.05) is 0 Å². The van der Waals surface area contributed by atoms with Crippen molar-refractivity contribution in [1.29, 1.82) is 0 Å². The standard InChI is InChI=1S/C9H19NO.ClH/c1-9(2,10)7-8-3-5-11-6-4-8;/h8H,3-7,10H2,1-2H3;1H. The summed E-state index contributed by atoms with van der Waals surface area (Å²) in [4.78, 5) is 0. The minimum absolute atomic E-state index is 0. The fraction of sp³-hybridized carbons (Fsp3) is 1.00. The smallest absolute Gasteiger partial charge is 0.0468 e. The Morgan fingerprint density at radius 2 is 1.83 bits per heavy atom. The van der Waals surface area contributed by atoms with Gasteiger partial charge in [0.05, 0.1) is 0 Å². The maximum atomic E-state index is 5.93. The van der Waals surface area contributed by atoms with E-state index in [0.29, 0.717) is 0 Å². The van der Waals surface area contributed by atoms with Gasteiger partial charge in [-0.2, -0.15) is 0 Å². The highest BCUT2D eigenvalue weighted by Gasteiger charge is 2.20. The molecule has 0 aromatic heterocycles. The zero-order chi connectivity index (χ0) is 8.32. The van der Waals surface area contributed by atoms with Gasteiger partial charge in [0.15, 0.2) is 0 Å². The Labute approximate surface area is 81.3 Å². The number of nitrogens with two attached hydrogens (primary N) is 1. The van der Waals surface area contributed by atoms with Crippen molar-refractivity contribution in [2.75, 3.05) is 13.2 Å². The average molecular weight is 194 g/mol. The van der Waals surface area contributed by atoms with Gasteiger partial charge in [-0.15, -0.1) is 12.4 Å². The van der Waals surface area contributed by atoms with Crippen LogP contribution in [0.5, 0.6) is 0 Å². The summed E-state index contributed by atoms with van der Waals surface area (Å²) < 4.78 is 5.27. The van der Waals surface area contributed by atoms with Crippen LogP contribution in [0.3, 0.4) is 0 Å². The Hall–Kier alpha value is 0.210. The Balaban J connectivity index is 0.00000121. The summed E-state index contributed by atoms with van der Waals surface area (Å²) in [5, 5.41) is 0. The molecule has 1 fully saturated rings. The van der Waals surface area contributed by atoms with Crippen molar-refractivity contribution in [3.05, 3.63) is 0 Å². The Kier molecular flexibility index (Phi) is 5.14. The number of halogens is 1. The molecule has 1 heterocycles. The third-order valence-electron chi connectivity index (χ3n) is 2.16. The molecular weight excluding hydrogens is 174 g/mol. The highest BCUT2D eigenvalue weighted by Crippen LogP contribution is 2.23. The summed E-state index contributed by atoms with van der Waals surface area (Å²) in [7, 11) is 0. The van der Waals surface area contributed by atoms with E-state index >= 15 is 0 Å². The molecule has 0 aromatic rings. The summed E-state index contributed by atoms with van der Waals surface area (Å²) in [6.07, 6.45) is 3.53. The zero-order valence-corrected chi connectivity index (χ0v) is 8.82. The number of hydrogen-bond acceptors (Lipinski definition) is 2. The maximum absolute atomic E-state index is 5.93. The topological polar surface area (TPSA) is 35.2 Å². The Morgan fingerprint density at radius 3 is 2.25 bits per heavy atom. The van der Waals surface area contributed by atoms with Crippen molar-refractivity contribution >= 4 is 12.4 Å². The van der Waals surface area contributed by atoms with Crippen molar-refractivity contribution < 1.29 is 4.74 Å². The molecule has 1 rings (SSSR count). The molecule has 0 saturated carbocycles. The molecule has 12 heavy (non-hydrogen) atoms. The van der Waals surface area contributed by atoms with Crippen molar-refractivity contribution in [2.24, 2.45) is 11.7 Å². The molecular formula is C9H20ClNO. The fourth-order valence-electron chi connectivity index (χ4n) is 1.69. The second-order valence-electron chi connectivity index (χ2n) is 4.25. The van der Waals surface area contributed by atoms with E-state index in [1.54, 1.807) is 0 Å². The van der Waals surface area contributed by atoms with E-state index in [-0.39, 0.29) is 17.9 Å². The van der Waals surface area contributed by atoms with Gasteiger partial charge >= 0.3 is 0 Å². The van der Waals surface area contributed by atoms with Gasteiger partial charge in [0, 0.05) is 18.8 Å². The van der Waals surface area contributed by atoms with Crippen LogP contribution < -0.4 is 5.73 Å². The van der Waals surface area contributed by atoms with Crippen LogP contribution in [0, 0.1) is 5.92 Å². The lowest BCUT2D eigenvalue weighted by Crippen LogP contribution is -2.35. The highest BCUT2D eigenvalue weighted by atomic mass is 35.5. The van der Waals surface area contributed by atoms with E-state index in [1.165, 1.54) is 12.8 Å². The summed E-state index contributed by atoms with van der Waals surface area (Å²) in [5.74, 6) is 0.795. The molecule has 2 N–H and O–H groups in total. The minimum atomic E-state index is 0. The Morgan fingerprint density at radius 1 is 1.33 bits per heavy atom. The maximum Gasteiger partial charge on any atom is 0.0468 e. The third kappa shape index (κ3) is 4.96. The van der Waals surface area contributed by atoms with Gasteiger partial charge < -0.3 is 10.5 Å². The molecule has 0 amide bonds. The SMILES string of the molecule is CC(C)(N)CC1CCOCC1.Cl. The van der Waals surface area contributed by atoms with Crippen LogP contribution in [0.15, 0.2) is 0 Å². The first-order valence-corrected chi connectivity index (χ1v) is 4.44. The fourth-order valence-corrected chi connectivity index (χ4v) is 1.69. The van der Waals surface area contributed by atoms with Gasteiger partial charge in [-0.05, 0) is 39.0 Å². The summed E-state index contributed by atoms with van der Waals surface area (Å²) in [6.45, 7) is 6.06. The van der Waals surface area contributed by atoms with Crippen LogP contribution in [0.2, 0.25) is 0 Å². The zero-order valence-electron chi connectivity index (χ0n) is 8.01. The molecule has 0 atom stereocenters. The second-order valence-corrected chi connectivity index (χ2v) is 4.25. The van der Waals surface area contributed by atoms with E-state index in [0.717, 1.165) is 25.6 Å². The van der Waals surface area contributed by atoms with Crippen LogP contribution in [0.25, 0.3) is 0 Å². The number of rotatable bonds is 2. The average Bonchev–Trinajstić information content (AvgIpc) is 1.85. The highest BCUT2D eigenvalue weighted by molar-refractivity contribution is 5.85. The molecule has 1 saturated heterocycles. The monoisotopic (exact) mass is 193 g/mol. The molecule has 1 aliphatic rings. The molecule has 0 unspecified atom stereocenters. The van der Waals surface area contributed by atoms with Crippen LogP contribution in [0.1, 0.15) is 33.1 Å². The molecule has 0 bridgehead atoms. The largest absolute Gasteiger partial charge is 0.381 e. The van der Waals surface area contributed by atoms with E-state index in [1.807, 2.05) is 0 Å². The number of hydrogen-bond donors (Lipinski definition) is 1. The number of ether oxygens (including phenoxy) is 1. The van der Waals surface area contributed by atoms with E-state index in [9.17, 15) is 0 Å². The normalized spacial score (nSPS) is 20.2. The van der Waals surface area contributed by atoms with Gasteiger partial charge in [0.1, 0.15) is 0 Å². The Bertz CT molecular complexity index is 116. The first kappa shape index (κ1) is 12.2. The van der Waals surface area contributed by atoms with Gasteiger partial charge in [-0.25, -0.2) is 0 Å². The lowest BCUT2D eigenvalue weighted by Gasteiger charge is -2.28. The predicted octanol–water partition coefficient (Wildman–Crippen LogP) is 1.96. The van der Waals surface area contributed by atoms with Crippen LogP contribution in [-0.4, -0.2) is 18.8 Å². The van der Waals surface area contributed by atoms with Crippen LogP contribution in [0.4, 0.5) is 0 Å². The second kappa shape index (κ2) is 5.05. The van der Waals surface area contributed by atoms with Gasteiger partial charge in [0.2, 0.25) is 0 Å². The van der Waals surface area contributed by atoms with Crippen LogP contribution in [-0.2, 0) is 4.74 Å². The van der Waals surface area contributed by atoms with Crippen molar-refractivity contribution in [2.45, 2.75) is 38.6 Å². The summed E-state index contributed by atoms with van der Waals surface area (Å²) in [6, 6.07) is 0. The van der Waals surface area contributed by atoms with Crippen molar-refractivity contribution in [1.82, 2.24) is 0 Å². The minimum Gasteiger partial charge on any atom is -0.381 e. The van der Waals surface area contributed by atoms with E-state index in [4.69, 9.17) is 10.5 Å². The van der Waals surface area contributed by atoms with E-state index < -0.39 is 0 Å². The van der Waals surface area contributed by atoms with Crippen molar-refractivity contribution in [3.8, 4) is 0 Å². The first-order valence-electron chi connectivity index (χ1n) is 4.44.